The first kappa shape index (κ1) is 10.5. The molecule has 2 rings (SSSR count). The summed E-state index contributed by atoms with van der Waals surface area (Å²) >= 11 is 0. The van der Waals surface area contributed by atoms with Crippen molar-refractivity contribution in [3.05, 3.63) is 28.8 Å². The molecule has 0 saturated heterocycles. The van der Waals surface area contributed by atoms with E-state index < -0.39 is 0 Å². The lowest BCUT2D eigenvalue weighted by atomic mass is 10.0. The molecule has 0 spiro atoms. The Hall–Kier alpha value is -2.04. The molecular weight excluding hydrogens is 206 g/mol. The summed E-state index contributed by atoms with van der Waals surface area (Å²) in [7, 11) is 3.11. The number of methoxy groups -OCH3 is 1. The topological polar surface area (TPSA) is 76.7 Å². The molecule has 0 aliphatic carbocycles. The minimum atomic E-state index is -0.195. The highest BCUT2D eigenvalue weighted by molar-refractivity contribution is 6.05. The zero-order valence-corrected chi connectivity index (χ0v) is 9.20. The molecule has 5 heteroatoms. The van der Waals surface area contributed by atoms with E-state index in [4.69, 9.17) is 10.5 Å². The Balaban J connectivity index is 2.55. The van der Waals surface area contributed by atoms with E-state index >= 15 is 0 Å². The third kappa shape index (κ3) is 1.50. The number of ether oxygens (including phenoxy) is 1. The Morgan fingerprint density at radius 2 is 2.31 bits per heavy atom. The second-order valence-electron chi connectivity index (χ2n) is 3.49. The number of carbonyl (C=O) groups is 1. The Kier molecular flexibility index (Phi) is 2.52. The zero-order valence-electron chi connectivity index (χ0n) is 9.20. The van der Waals surface area contributed by atoms with Gasteiger partial charge in [-0.1, -0.05) is 0 Å². The molecule has 3 N–H and O–H groups in total. The van der Waals surface area contributed by atoms with Gasteiger partial charge in [0.05, 0.1) is 19.2 Å². The average molecular weight is 219 g/mol. The fourth-order valence-electron chi connectivity index (χ4n) is 1.73. The summed E-state index contributed by atoms with van der Waals surface area (Å²) in [4.78, 5) is 15.7. The number of rotatable bonds is 2. The number of benzene rings is 1. The Morgan fingerprint density at radius 1 is 1.56 bits per heavy atom. The van der Waals surface area contributed by atoms with Crippen molar-refractivity contribution in [3.8, 4) is 5.75 Å². The fraction of sp³-hybridized carbons (Fsp3) is 0.273. The number of carbonyl (C=O) groups excluding carboxylic acids is 1. The number of aliphatic imine (C=N–C) groups is 1. The van der Waals surface area contributed by atoms with Crippen LogP contribution in [-0.2, 0) is 6.54 Å². The average Bonchev–Trinajstić information content (AvgIpc) is 2.68. The van der Waals surface area contributed by atoms with Crippen LogP contribution < -0.4 is 15.8 Å². The van der Waals surface area contributed by atoms with Crippen LogP contribution in [0.1, 0.15) is 21.5 Å². The maximum absolute atomic E-state index is 11.6. The molecule has 5 nitrogen and oxygen atoms in total. The lowest BCUT2D eigenvalue weighted by molar-refractivity contribution is 0.0960. The number of amides is 1. The standard InChI is InChI=1S/C11H13N3O2/c1-13-11(15)8-4-7-6(3-9(8)16-2)5-14-10(7)12/h3-4H,5H2,1-2H3,(H2,12,14)(H,13,15). The molecule has 0 fully saturated rings. The molecule has 0 unspecified atom stereocenters. The summed E-state index contributed by atoms with van der Waals surface area (Å²) < 4.78 is 5.18. The Bertz CT molecular complexity index is 480. The van der Waals surface area contributed by atoms with E-state index in [0.29, 0.717) is 23.7 Å². The van der Waals surface area contributed by atoms with Crippen LogP contribution in [0.15, 0.2) is 17.1 Å². The smallest absolute Gasteiger partial charge is 0.254 e. The summed E-state index contributed by atoms with van der Waals surface area (Å²) in [6.07, 6.45) is 0. The minimum absolute atomic E-state index is 0.195. The van der Waals surface area contributed by atoms with Crippen LogP contribution in [0.25, 0.3) is 0 Å². The fourth-order valence-corrected chi connectivity index (χ4v) is 1.73. The normalized spacial score (nSPS) is 13.0. The number of hydrogen-bond acceptors (Lipinski definition) is 4. The SMILES string of the molecule is CNC(=O)c1cc2c(cc1OC)CN=C2N. The van der Waals surface area contributed by atoms with E-state index in [1.807, 2.05) is 6.07 Å². The van der Waals surface area contributed by atoms with Gasteiger partial charge in [-0.2, -0.15) is 0 Å². The molecule has 0 aromatic heterocycles. The molecule has 0 atom stereocenters. The number of amidine groups is 1. The van der Waals surface area contributed by atoms with Crippen LogP contribution in [0.5, 0.6) is 5.75 Å². The van der Waals surface area contributed by atoms with Crippen LogP contribution in [0.4, 0.5) is 0 Å². The van der Waals surface area contributed by atoms with Gasteiger partial charge in [0.2, 0.25) is 0 Å². The number of nitrogens with zero attached hydrogens (tertiary/aromatic N) is 1. The number of hydrogen-bond donors (Lipinski definition) is 2. The van der Waals surface area contributed by atoms with Crippen molar-refractivity contribution in [2.24, 2.45) is 10.7 Å². The molecule has 1 aromatic carbocycles. The first-order chi connectivity index (χ1) is 7.67. The van der Waals surface area contributed by atoms with E-state index in [-0.39, 0.29) is 5.91 Å². The van der Waals surface area contributed by atoms with E-state index in [2.05, 4.69) is 10.3 Å². The maximum atomic E-state index is 11.6. The van der Waals surface area contributed by atoms with E-state index in [1.165, 1.54) is 7.11 Å². The van der Waals surface area contributed by atoms with Crippen molar-refractivity contribution < 1.29 is 9.53 Å². The van der Waals surface area contributed by atoms with Crippen LogP contribution in [0.3, 0.4) is 0 Å². The first-order valence-corrected chi connectivity index (χ1v) is 4.90. The second-order valence-corrected chi connectivity index (χ2v) is 3.49. The summed E-state index contributed by atoms with van der Waals surface area (Å²) in [5.74, 6) is 0.824. The van der Waals surface area contributed by atoms with E-state index in [1.54, 1.807) is 13.1 Å². The van der Waals surface area contributed by atoms with Gasteiger partial charge in [0.25, 0.3) is 5.91 Å². The van der Waals surface area contributed by atoms with Gasteiger partial charge in [0, 0.05) is 12.6 Å². The third-order valence-electron chi connectivity index (χ3n) is 2.59. The molecule has 1 aliphatic rings. The van der Waals surface area contributed by atoms with Gasteiger partial charge < -0.3 is 15.8 Å². The first-order valence-electron chi connectivity index (χ1n) is 4.90. The van der Waals surface area contributed by atoms with Crippen molar-refractivity contribution in [2.45, 2.75) is 6.54 Å². The summed E-state index contributed by atoms with van der Waals surface area (Å²) in [6.45, 7) is 0.547. The summed E-state index contributed by atoms with van der Waals surface area (Å²) in [5.41, 5.74) is 8.01. The van der Waals surface area contributed by atoms with Crippen LogP contribution in [0, 0.1) is 0 Å². The predicted molar refractivity (Wildman–Crippen MR) is 60.8 cm³/mol. The maximum Gasteiger partial charge on any atom is 0.254 e. The number of fused-ring (bicyclic) bond motifs is 1. The van der Waals surface area contributed by atoms with Crippen molar-refractivity contribution in [1.82, 2.24) is 5.32 Å². The van der Waals surface area contributed by atoms with Crippen molar-refractivity contribution >= 4 is 11.7 Å². The predicted octanol–water partition coefficient (Wildman–Crippen LogP) is 0.274. The largest absolute Gasteiger partial charge is 0.496 e. The molecule has 16 heavy (non-hydrogen) atoms. The van der Waals surface area contributed by atoms with Gasteiger partial charge in [-0.05, 0) is 17.7 Å². The van der Waals surface area contributed by atoms with Gasteiger partial charge in [-0.25, -0.2) is 0 Å². The molecule has 1 aliphatic heterocycles. The quantitative estimate of drug-likeness (QED) is 0.749. The van der Waals surface area contributed by atoms with Gasteiger partial charge >= 0.3 is 0 Å². The summed E-state index contributed by atoms with van der Waals surface area (Å²) in [6, 6.07) is 3.53. The van der Waals surface area contributed by atoms with Gasteiger partial charge in [0.15, 0.2) is 0 Å². The van der Waals surface area contributed by atoms with E-state index in [9.17, 15) is 4.79 Å². The molecule has 84 valence electrons. The lowest BCUT2D eigenvalue weighted by Crippen LogP contribution is -2.20. The highest BCUT2D eigenvalue weighted by atomic mass is 16.5. The van der Waals surface area contributed by atoms with Crippen molar-refractivity contribution in [3.63, 3.8) is 0 Å². The summed E-state index contributed by atoms with van der Waals surface area (Å²) in [5, 5.41) is 2.56. The molecular formula is C11H13N3O2. The highest BCUT2D eigenvalue weighted by Crippen LogP contribution is 2.27. The molecule has 1 aromatic rings. The molecule has 0 radical (unpaired) electrons. The Morgan fingerprint density at radius 3 is 2.94 bits per heavy atom. The van der Waals surface area contributed by atoms with Crippen LogP contribution >= 0.6 is 0 Å². The number of nitrogens with two attached hydrogens (primary N) is 1. The molecule has 0 saturated carbocycles. The molecule has 1 amide bonds. The van der Waals surface area contributed by atoms with E-state index in [0.717, 1.165) is 11.1 Å². The highest BCUT2D eigenvalue weighted by Gasteiger charge is 2.19. The van der Waals surface area contributed by atoms with Gasteiger partial charge in [0.1, 0.15) is 11.6 Å². The third-order valence-corrected chi connectivity index (χ3v) is 2.59. The van der Waals surface area contributed by atoms with Gasteiger partial charge in [-0.3, -0.25) is 9.79 Å². The molecule has 1 heterocycles. The van der Waals surface area contributed by atoms with Gasteiger partial charge in [-0.15, -0.1) is 0 Å². The van der Waals surface area contributed by atoms with Crippen LogP contribution in [0.2, 0.25) is 0 Å². The zero-order chi connectivity index (χ0) is 11.7. The monoisotopic (exact) mass is 219 g/mol. The van der Waals surface area contributed by atoms with Crippen molar-refractivity contribution in [2.75, 3.05) is 14.2 Å². The molecule has 0 bridgehead atoms. The number of nitrogens with one attached hydrogen (secondary N) is 1. The Labute approximate surface area is 93.3 Å². The minimum Gasteiger partial charge on any atom is -0.496 e. The lowest BCUT2D eigenvalue weighted by Gasteiger charge is -2.10. The second kappa shape index (κ2) is 3.84. The van der Waals surface area contributed by atoms with Crippen molar-refractivity contribution in [1.29, 1.82) is 0 Å². The van der Waals surface area contributed by atoms with Crippen LogP contribution in [-0.4, -0.2) is 25.9 Å².